The molecular weight excluding hydrogens is 486 g/mol. The fourth-order valence-corrected chi connectivity index (χ4v) is 10.5. The molecule has 0 aromatic carbocycles. The number of hydrogen-bond donors (Lipinski definition) is 4. The highest BCUT2D eigenvalue weighted by Crippen LogP contribution is 2.69. The Kier molecular flexibility index (Phi) is 10.5. The summed E-state index contributed by atoms with van der Waals surface area (Å²) in [5.41, 5.74) is 0.526. The topological polar surface area (TPSA) is 84.8 Å². The molecule has 39 heavy (non-hydrogen) atoms. The molecule has 0 saturated heterocycles. The predicted molar refractivity (Wildman–Crippen MR) is 159 cm³/mol. The van der Waals surface area contributed by atoms with E-state index in [1.165, 1.54) is 25.7 Å². The van der Waals surface area contributed by atoms with Crippen LogP contribution in [0.1, 0.15) is 98.3 Å². The molecule has 0 heterocycles. The molecule has 11 atom stereocenters. The molecule has 1 amide bonds. The van der Waals surface area contributed by atoms with Crippen molar-refractivity contribution in [2.45, 2.75) is 111 Å². The van der Waals surface area contributed by atoms with E-state index < -0.39 is 0 Å². The van der Waals surface area contributed by atoms with E-state index in [1.807, 2.05) is 0 Å². The average molecular weight is 548 g/mol. The average Bonchev–Trinajstić information content (AvgIpc) is 3.25. The van der Waals surface area contributed by atoms with Crippen LogP contribution in [-0.2, 0) is 4.79 Å². The lowest BCUT2D eigenvalue weighted by Gasteiger charge is -2.64. The summed E-state index contributed by atoms with van der Waals surface area (Å²) < 4.78 is 0. The lowest BCUT2D eigenvalue weighted by atomic mass is 9.41. The monoisotopic (exact) mass is 547 g/mol. The Bertz CT molecular complexity index is 807. The molecule has 4 saturated carbocycles. The maximum absolute atomic E-state index is 12.6. The van der Waals surface area contributed by atoms with Crippen molar-refractivity contribution in [3.8, 4) is 0 Å². The number of aliphatic hydroxyl groups excluding tert-OH is 2. The molecule has 4 aliphatic carbocycles. The van der Waals surface area contributed by atoms with E-state index in [2.05, 4.69) is 57.3 Å². The molecule has 6 nitrogen and oxygen atoms in total. The maximum Gasteiger partial charge on any atom is 0.220 e. The zero-order valence-electron chi connectivity index (χ0n) is 26.1. The predicted octanol–water partition coefficient (Wildman–Crippen LogP) is 4.69. The SMILES string of the molecule is CC[C@H]1[C@@H](O)[C@@H]2[C@H](CC[C@]3(C)[C@@H]([C@H](C)CCC(=O)NCCNCCCN(C)C)CC[C@@H]23)[C@@]2(C)CC[C@@H](O)C[C@@H]12. The lowest BCUT2D eigenvalue weighted by Crippen LogP contribution is -2.62. The van der Waals surface area contributed by atoms with E-state index in [1.54, 1.807) is 0 Å². The summed E-state index contributed by atoms with van der Waals surface area (Å²) in [7, 11) is 4.19. The number of hydrogen-bond acceptors (Lipinski definition) is 5. The Morgan fingerprint density at radius 3 is 2.41 bits per heavy atom. The van der Waals surface area contributed by atoms with Gasteiger partial charge < -0.3 is 25.7 Å². The van der Waals surface area contributed by atoms with Gasteiger partial charge in [-0.15, -0.1) is 0 Å². The van der Waals surface area contributed by atoms with Crippen LogP contribution in [-0.4, -0.2) is 73.5 Å². The first kappa shape index (κ1) is 31.3. The summed E-state index contributed by atoms with van der Waals surface area (Å²) in [5.74, 6) is 3.70. The van der Waals surface area contributed by atoms with Crippen LogP contribution in [0.3, 0.4) is 0 Å². The van der Waals surface area contributed by atoms with Crippen LogP contribution in [0, 0.1) is 52.3 Å². The molecule has 0 unspecified atom stereocenters. The van der Waals surface area contributed by atoms with Gasteiger partial charge in [0, 0.05) is 19.5 Å². The minimum atomic E-state index is -0.232. The first-order chi connectivity index (χ1) is 18.5. The summed E-state index contributed by atoms with van der Waals surface area (Å²) in [6.45, 7) is 13.3. The molecule has 4 rings (SSSR count). The fraction of sp³-hybridized carbons (Fsp3) is 0.970. The van der Waals surface area contributed by atoms with E-state index in [4.69, 9.17) is 0 Å². The Morgan fingerprint density at radius 2 is 1.69 bits per heavy atom. The van der Waals surface area contributed by atoms with Crippen molar-refractivity contribution < 1.29 is 15.0 Å². The molecule has 0 aromatic heterocycles. The Hall–Kier alpha value is -0.690. The highest BCUT2D eigenvalue weighted by molar-refractivity contribution is 5.75. The van der Waals surface area contributed by atoms with Crippen LogP contribution in [0.2, 0.25) is 0 Å². The van der Waals surface area contributed by atoms with Gasteiger partial charge in [-0.3, -0.25) is 4.79 Å². The molecule has 0 aromatic rings. The van der Waals surface area contributed by atoms with Crippen LogP contribution in [0.4, 0.5) is 0 Å². The number of fused-ring (bicyclic) bond motifs is 5. The van der Waals surface area contributed by atoms with Gasteiger partial charge in [-0.25, -0.2) is 0 Å². The molecule has 0 bridgehead atoms. The van der Waals surface area contributed by atoms with Crippen molar-refractivity contribution in [3.63, 3.8) is 0 Å². The normalized spacial score (nSPS) is 42.5. The lowest BCUT2D eigenvalue weighted by molar-refractivity contribution is -0.203. The number of carbonyl (C=O) groups excluding carboxylic acids is 1. The van der Waals surface area contributed by atoms with Gasteiger partial charge in [0.15, 0.2) is 0 Å². The molecule has 6 heteroatoms. The minimum Gasteiger partial charge on any atom is -0.393 e. The number of aliphatic hydroxyl groups is 2. The van der Waals surface area contributed by atoms with Crippen LogP contribution < -0.4 is 10.6 Å². The summed E-state index contributed by atoms with van der Waals surface area (Å²) >= 11 is 0. The first-order valence-corrected chi connectivity index (χ1v) is 16.5. The molecule has 0 aliphatic heterocycles. The van der Waals surface area contributed by atoms with E-state index >= 15 is 0 Å². The number of nitrogens with one attached hydrogen (secondary N) is 2. The van der Waals surface area contributed by atoms with Crippen molar-refractivity contribution in [1.82, 2.24) is 15.5 Å². The largest absolute Gasteiger partial charge is 0.393 e. The van der Waals surface area contributed by atoms with Crippen molar-refractivity contribution in [3.05, 3.63) is 0 Å². The van der Waals surface area contributed by atoms with Crippen molar-refractivity contribution in [2.24, 2.45) is 52.3 Å². The number of amides is 1. The van der Waals surface area contributed by atoms with Gasteiger partial charge in [-0.05, 0) is 137 Å². The highest BCUT2D eigenvalue weighted by Gasteiger charge is 2.64. The van der Waals surface area contributed by atoms with E-state index in [9.17, 15) is 15.0 Å². The van der Waals surface area contributed by atoms with E-state index in [0.717, 1.165) is 58.2 Å². The van der Waals surface area contributed by atoms with Gasteiger partial charge in [0.2, 0.25) is 5.91 Å². The number of carbonyl (C=O) groups is 1. The van der Waals surface area contributed by atoms with Crippen molar-refractivity contribution in [1.29, 1.82) is 0 Å². The van der Waals surface area contributed by atoms with E-state index in [-0.39, 0.29) is 28.9 Å². The zero-order chi connectivity index (χ0) is 28.4. The Balaban J connectivity index is 1.31. The van der Waals surface area contributed by atoms with Crippen LogP contribution in [0.25, 0.3) is 0 Å². The first-order valence-electron chi connectivity index (χ1n) is 16.5. The van der Waals surface area contributed by atoms with Gasteiger partial charge in [0.05, 0.1) is 12.2 Å². The second kappa shape index (κ2) is 13.1. The highest BCUT2D eigenvalue weighted by atomic mass is 16.3. The van der Waals surface area contributed by atoms with Gasteiger partial charge in [-0.1, -0.05) is 34.1 Å². The summed E-state index contributed by atoms with van der Waals surface area (Å²) in [6, 6.07) is 0. The van der Waals surface area contributed by atoms with Gasteiger partial charge in [0.1, 0.15) is 0 Å². The van der Waals surface area contributed by atoms with Crippen molar-refractivity contribution in [2.75, 3.05) is 40.3 Å². The summed E-state index contributed by atoms with van der Waals surface area (Å²) in [5, 5.41) is 29.0. The third-order valence-electron chi connectivity index (χ3n) is 12.6. The maximum atomic E-state index is 12.6. The van der Waals surface area contributed by atoms with Gasteiger partial charge in [-0.2, -0.15) is 0 Å². The van der Waals surface area contributed by atoms with Gasteiger partial charge in [0.25, 0.3) is 0 Å². The smallest absolute Gasteiger partial charge is 0.220 e. The summed E-state index contributed by atoms with van der Waals surface area (Å²) in [6.07, 6.45) is 11.2. The molecule has 226 valence electrons. The third-order valence-corrected chi connectivity index (χ3v) is 12.6. The Morgan fingerprint density at radius 1 is 0.974 bits per heavy atom. The third kappa shape index (κ3) is 6.39. The molecule has 4 N–H and O–H groups in total. The van der Waals surface area contributed by atoms with Crippen LogP contribution >= 0.6 is 0 Å². The quantitative estimate of drug-likeness (QED) is 0.267. The zero-order valence-corrected chi connectivity index (χ0v) is 26.1. The molecule has 4 fully saturated rings. The second-order valence-corrected chi connectivity index (χ2v) is 14.9. The molecule has 0 radical (unpaired) electrons. The van der Waals surface area contributed by atoms with Crippen LogP contribution in [0.5, 0.6) is 0 Å². The standard InChI is InChI=1S/C33H61N3O3/c1-7-24-28-21-23(37)13-15-33(28,4)27-14-16-32(3)25(10-11-26(32)30(27)31(24)39)22(2)9-12-29(38)35-19-18-34-17-8-20-36(5)6/h22-28,30-31,34,37,39H,7-21H2,1-6H3,(H,35,38)/t22-,23-,24-,25-,26+,27+,28+,30+,31-,32-,33-/m1/s1. The molecular formula is C33H61N3O3. The van der Waals surface area contributed by atoms with E-state index in [0.29, 0.717) is 54.4 Å². The van der Waals surface area contributed by atoms with Crippen molar-refractivity contribution >= 4 is 5.91 Å². The minimum absolute atomic E-state index is 0.187. The van der Waals surface area contributed by atoms with Gasteiger partial charge >= 0.3 is 0 Å². The molecule has 0 spiro atoms. The Labute approximate surface area is 239 Å². The van der Waals surface area contributed by atoms with Crippen LogP contribution in [0.15, 0.2) is 0 Å². The number of rotatable bonds is 12. The second-order valence-electron chi connectivity index (χ2n) is 14.9. The fourth-order valence-electron chi connectivity index (χ4n) is 10.5. The summed E-state index contributed by atoms with van der Waals surface area (Å²) in [4.78, 5) is 14.8. The molecule has 4 aliphatic rings. The number of nitrogens with zero attached hydrogens (tertiary/aromatic N) is 1.